The number of likely N-dealkylation sites (N-methyl/N-ethyl adjacent to an activating group) is 1. The molecule has 2 amide bonds. The lowest BCUT2D eigenvalue weighted by Crippen LogP contribution is -2.39. The summed E-state index contributed by atoms with van der Waals surface area (Å²) >= 11 is 0. The first-order valence-corrected chi connectivity index (χ1v) is 5.82. The smallest absolute Gasteiger partial charge is 0.314 e. The molecule has 6 nitrogen and oxygen atoms in total. The summed E-state index contributed by atoms with van der Waals surface area (Å²) in [5.74, 6) is -1.14. The molecular formula is C11H23N3O3. The Bertz CT molecular complexity index is 244. The van der Waals surface area contributed by atoms with Crippen molar-refractivity contribution >= 4 is 12.0 Å². The second-order valence-corrected chi connectivity index (χ2v) is 4.37. The van der Waals surface area contributed by atoms with Crippen LogP contribution in [0.15, 0.2) is 0 Å². The van der Waals surface area contributed by atoms with E-state index in [-0.39, 0.29) is 11.9 Å². The van der Waals surface area contributed by atoms with Crippen LogP contribution in [0, 0.1) is 5.92 Å². The van der Waals surface area contributed by atoms with Crippen molar-refractivity contribution in [3.63, 3.8) is 0 Å². The van der Waals surface area contributed by atoms with Crippen molar-refractivity contribution in [2.45, 2.75) is 19.8 Å². The van der Waals surface area contributed by atoms with Crippen molar-refractivity contribution in [1.29, 1.82) is 0 Å². The minimum absolute atomic E-state index is 0.199. The van der Waals surface area contributed by atoms with Crippen LogP contribution in [0.3, 0.4) is 0 Å². The maximum atomic E-state index is 11.2. The molecule has 3 N–H and O–H groups in total. The Morgan fingerprint density at radius 2 is 1.82 bits per heavy atom. The molecule has 0 spiro atoms. The van der Waals surface area contributed by atoms with E-state index in [0.717, 1.165) is 6.54 Å². The lowest BCUT2D eigenvalue weighted by Gasteiger charge is -2.11. The number of carbonyl (C=O) groups is 2. The molecular weight excluding hydrogens is 222 g/mol. The van der Waals surface area contributed by atoms with Crippen molar-refractivity contribution in [1.82, 2.24) is 15.5 Å². The summed E-state index contributed by atoms with van der Waals surface area (Å²) in [4.78, 5) is 23.8. The molecule has 1 unspecified atom stereocenters. The second-order valence-electron chi connectivity index (χ2n) is 4.37. The lowest BCUT2D eigenvalue weighted by atomic mass is 10.1. The molecule has 0 aromatic heterocycles. The van der Waals surface area contributed by atoms with E-state index in [0.29, 0.717) is 25.9 Å². The van der Waals surface area contributed by atoms with E-state index in [1.54, 1.807) is 6.92 Å². The minimum Gasteiger partial charge on any atom is -0.481 e. The number of carboxylic acids is 1. The van der Waals surface area contributed by atoms with Gasteiger partial charge in [-0.25, -0.2) is 4.79 Å². The Hall–Kier alpha value is -1.30. The summed E-state index contributed by atoms with van der Waals surface area (Å²) < 4.78 is 0. The molecule has 17 heavy (non-hydrogen) atoms. The van der Waals surface area contributed by atoms with Gasteiger partial charge in [0.2, 0.25) is 0 Å². The zero-order chi connectivity index (χ0) is 13.3. The number of carboxylic acid groups (broad SMARTS) is 1. The predicted molar refractivity (Wildman–Crippen MR) is 66.0 cm³/mol. The summed E-state index contributed by atoms with van der Waals surface area (Å²) in [5.41, 5.74) is 0. The molecule has 0 radical (unpaired) electrons. The maximum absolute atomic E-state index is 11.2. The van der Waals surface area contributed by atoms with Gasteiger partial charge < -0.3 is 20.6 Å². The van der Waals surface area contributed by atoms with Gasteiger partial charge in [0, 0.05) is 19.6 Å². The Morgan fingerprint density at radius 3 is 2.35 bits per heavy atom. The standard InChI is InChI=1S/C11H23N3O3/c1-9(10(15)16)5-4-6-12-11(17)13-7-8-14(2)3/h9H,4-8H2,1-3H3,(H,15,16)(H2,12,13,17). The van der Waals surface area contributed by atoms with Gasteiger partial charge in [0.25, 0.3) is 0 Å². The number of urea groups is 1. The van der Waals surface area contributed by atoms with E-state index in [1.807, 2.05) is 19.0 Å². The highest BCUT2D eigenvalue weighted by Gasteiger charge is 2.09. The quantitative estimate of drug-likeness (QED) is 0.539. The monoisotopic (exact) mass is 245 g/mol. The zero-order valence-corrected chi connectivity index (χ0v) is 10.8. The third-order valence-corrected chi connectivity index (χ3v) is 2.37. The van der Waals surface area contributed by atoms with Crippen LogP contribution in [-0.4, -0.2) is 55.7 Å². The molecule has 6 heteroatoms. The average Bonchev–Trinajstić information content (AvgIpc) is 2.23. The van der Waals surface area contributed by atoms with Crippen molar-refractivity contribution in [2.24, 2.45) is 5.92 Å². The summed E-state index contributed by atoms with van der Waals surface area (Å²) in [5, 5.41) is 14.1. The number of rotatable bonds is 8. The Kier molecular flexibility index (Phi) is 8.13. The molecule has 0 rings (SSSR count). The van der Waals surface area contributed by atoms with E-state index >= 15 is 0 Å². The third-order valence-electron chi connectivity index (χ3n) is 2.37. The number of hydrogen-bond donors (Lipinski definition) is 3. The second kappa shape index (κ2) is 8.81. The van der Waals surface area contributed by atoms with E-state index in [4.69, 9.17) is 5.11 Å². The van der Waals surface area contributed by atoms with Gasteiger partial charge in [0.1, 0.15) is 0 Å². The highest BCUT2D eigenvalue weighted by Crippen LogP contribution is 2.03. The van der Waals surface area contributed by atoms with Gasteiger partial charge in [-0.2, -0.15) is 0 Å². The van der Waals surface area contributed by atoms with Crippen LogP contribution < -0.4 is 10.6 Å². The molecule has 0 aromatic carbocycles. The molecule has 0 bridgehead atoms. The fourth-order valence-electron chi connectivity index (χ4n) is 1.19. The van der Waals surface area contributed by atoms with E-state index in [9.17, 15) is 9.59 Å². The normalized spacial score (nSPS) is 12.2. The minimum atomic E-state index is -0.791. The number of aliphatic carboxylic acids is 1. The summed E-state index contributed by atoms with van der Waals surface area (Å²) in [6, 6.07) is -0.199. The van der Waals surface area contributed by atoms with Gasteiger partial charge in [0.05, 0.1) is 5.92 Å². The molecule has 100 valence electrons. The SMILES string of the molecule is CC(CCCNC(=O)NCCN(C)C)C(=O)O. The predicted octanol–water partition coefficient (Wildman–Crippen LogP) is 0.348. The van der Waals surface area contributed by atoms with Crippen molar-refractivity contribution in [3.8, 4) is 0 Å². The van der Waals surface area contributed by atoms with Crippen molar-refractivity contribution in [3.05, 3.63) is 0 Å². The average molecular weight is 245 g/mol. The Morgan fingerprint density at radius 1 is 1.24 bits per heavy atom. The highest BCUT2D eigenvalue weighted by atomic mass is 16.4. The molecule has 0 aliphatic carbocycles. The maximum Gasteiger partial charge on any atom is 0.314 e. The van der Waals surface area contributed by atoms with Gasteiger partial charge in [0.15, 0.2) is 0 Å². The first-order valence-electron chi connectivity index (χ1n) is 5.82. The molecule has 1 atom stereocenters. The van der Waals surface area contributed by atoms with Gasteiger partial charge in [-0.1, -0.05) is 6.92 Å². The van der Waals surface area contributed by atoms with Crippen LogP contribution in [0.25, 0.3) is 0 Å². The van der Waals surface area contributed by atoms with Crippen molar-refractivity contribution < 1.29 is 14.7 Å². The third kappa shape index (κ3) is 9.62. The van der Waals surface area contributed by atoms with E-state index in [2.05, 4.69) is 10.6 Å². The lowest BCUT2D eigenvalue weighted by molar-refractivity contribution is -0.141. The largest absolute Gasteiger partial charge is 0.481 e. The van der Waals surface area contributed by atoms with Crippen molar-refractivity contribution in [2.75, 3.05) is 33.7 Å². The topological polar surface area (TPSA) is 81.7 Å². The number of amides is 2. The fraction of sp³-hybridized carbons (Fsp3) is 0.818. The first-order chi connectivity index (χ1) is 7.93. The molecule has 0 aromatic rings. The number of nitrogens with zero attached hydrogens (tertiary/aromatic N) is 1. The van der Waals surface area contributed by atoms with Crippen LogP contribution in [-0.2, 0) is 4.79 Å². The molecule has 0 aliphatic heterocycles. The van der Waals surface area contributed by atoms with Crippen LogP contribution in [0.5, 0.6) is 0 Å². The fourth-order valence-corrected chi connectivity index (χ4v) is 1.19. The van der Waals surface area contributed by atoms with Gasteiger partial charge in [-0.05, 0) is 26.9 Å². The molecule has 0 saturated carbocycles. The number of hydrogen-bond acceptors (Lipinski definition) is 3. The van der Waals surface area contributed by atoms with E-state index < -0.39 is 5.97 Å². The molecule has 0 aliphatic rings. The number of nitrogens with one attached hydrogen (secondary N) is 2. The molecule has 0 fully saturated rings. The summed E-state index contributed by atoms with van der Waals surface area (Å²) in [6.45, 7) is 3.57. The van der Waals surface area contributed by atoms with Crippen LogP contribution >= 0.6 is 0 Å². The highest BCUT2D eigenvalue weighted by molar-refractivity contribution is 5.73. The van der Waals surface area contributed by atoms with Crippen LogP contribution in [0.1, 0.15) is 19.8 Å². The Labute approximate surface area is 102 Å². The molecule has 0 saturated heterocycles. The molecule has 0 heterocycles. The van der Waals surface area contributed by atoms with Gasteiger partial charge in [-0.3, -0.25) is 4.79 Å². The van der Waals surface area contributed by atoms with Crippen LogP contribution in [0.4, 0.5) is 4.79 Å². The first kappa shape index (κ1) is 15.7. The van der Waals surface area contributed by atoms with Crippen LogP contribution in [0.2, 0.25) is 0 Å². The summed E-state index contributed by atoms with van der Waals surface area (Å²) in [7, 11) is 3.87. The number of carbonyl (C=O) groups excluding carboxylic acids is 1. The Balaban J connectivity index is 3.42. The van der Waals surface area contributed by atoms with Gasteiger partial charge >= 0.3 is 12.0 Å². The van der Waals surface area contributed by atoms with Gasteiger partial charge in [-0.15, -0.1) is 0 Å². The zero-order valence-electron chi connectivity index (χ0n) is 10.8. The summed E-state index contributed by atoms with van der Waals surface area (Å²) in [6.07, 6.45) is 1.25. The van der Waals surface area contributed by atoms with E-state index in [1.165, 1.54) is 0 Å².